The molecule has 0 fully saturated rings. The van der Waals surface area contributed by atoms with Gasteiger partial charge in [0.1, 0.15) is 5.82 Å². The SMILES string of the molecule is CC(C)c1ccc(-c2nc(S(C)(=O)=O)nc3nn(Cc4ccccc4)c(N)c23)cc1. The molecule has 0 amide bonds. The van der Waals surface area contributed by atoms with Crippen LogP contribution in [0.15, 0.2) is 59.8 Å². The van der Waals surface area contributed by atoms with Crippen LogP contribution < -0.4 is 5.73 Å². The molecule has 8 heteroatoms. The molecule has 0 aliphatic rings. The minimum absolute atomic E-state index is 0.262. The van der Waals surface area contributed by atoms with Crippen LogP contribution in [-0.2, 0) is 16.4 Å². The van der Waals surface area contributed by atoms with Crippen molar-refractivity contribution in [2.45, 2.75) is 31.5 Å². The molecule has 2 N–H and O–H groups in total. The van der Waals surface area contributed by atoms with Crippen molar-refractivity contribution in [1.29, 1.82) is 0 Å². The lowest BCUT2D eigenvalue weighted by atomic mass is 10.00. The standard InChI is InChI=1S/C22H23N5O2S/c1-14(2)16-9-11-17(12-10-16)19-18-20(23)27(13-15-7-5-4-6-8-15)26-21(18)25-22(24-19)30(3,28)29/h4-12,14H,13,23H2,1-3H3. The molecule has 0 aliphatic heterocycles. The maximum atomic E-state index is 12.2. The van der Waals surface area contributed by atoms with Crippen LogP contribution in [-0.4, -0.2) is 34.4 Å². The Morgan fingerprint density at radius 1 is 1.00 bits per heavy atom. The second kappa shape index (κ2) is 7.53. The van der Waals surface area contributed by atoms with Crippen LogP contribution >= 0.6 is 0 Å². The second-order valence-electron chi connectivity index (χ2n) is 7.63. The molecule has 0 radical (unpaired) electrons. The Labute approximate surface area is 175 Å². The molecule has 7 nitrogen and oxygen atoms in total. The zero-order chi connectivity index (χ0) is 21.5. The third kappa shape index (κ3) is 3.78. The number of hydrogen-bond acceptors (Lipinski definition) is 6. The lowest BCUT2D eigenvalue weighted by molar-refractivity contribution is 0.593. The first-order chi connectivity index (χ1) is 14.2. The van der Waals surface area contributed by atoms with E-state index in [0.29, 0.717) is 29.4 Å². The summed E-state index contributed by atoms with van der Waals surface area (Å²) in [4.78, 5) is 8.56. The van der Waals surface area contributed by atoms with Crippen LogP contribution in [0.1, 0.15) is 30.9 Å². The molecule has 0 unspecified atom stereocenters. The zero-order valence-electron chi connectivity index (χ0n) is 17.1. The van der Waals surface area contributed by atoms with Crippen molar-refractivity contribution in [3.8, 4) is 11.3 Å². The van der Waals surface area contributed by atoms with Crippen molar-refractivity contribution in [2.75, 3.05) is 12.0 Å². The predicted molar refractivity (Wildman–Crippen MR) is 118 cm³/mol. The van der Waals surface area contributed by atoms with E-state index in [0.717, 1.165) is 17.4 Å². The minimum Gasteiger partial charge on any atom is -0.383 e. The highest BCUT2D eigenvalue weighted by Crippen LogP contribution is 2.32. The summed E-state index contributed by atoms with van der Waals surface area (Å²) in [5, 5.41) is 4.78. The van der Waals surface area contributed by atoms with Gasteiger partial charge in [-0.3, -0.25) is 0 Å². The quantitative estimate of drug-likeness (QED) is 0.493. The zero-order valence-corrected chi connectivity index (χ0v) is 17.9. The number of fused-ring (bicyclic) bond motifs is 1. The molecule has 30 heavy (non-hydrogen) atoms. The Kier molecular flexibility index (Phi) is 5.03. The number of aromatic nitrogens is 4. The molecule has 0 atom stereocenters. The average Bonchev–Trinajstić information content (AvgIpc) is 3.03. The number of benzene rings is 2. The van der Waals surface area contributed by atoms with Gasteiger partial charge in [0.15, 0.2) is 5.65 Å². The smallest absolute Gasteiger partial charge is 0.249 e. The third-order valence-electron chi connectivity index (χ3n) is 4.98. The normalized spacial score (nSPS) is 12.0. The van der Waals surface area contributed by atoms with E-state index in [1.54, 1.807) is 4.68 Å². The Hall–Kier alpha value is -3.26. The van der Waals surface area contributed by atoms with E-state index >= 15 is 0 Å². The van der Waals surface area contributed by atoms with Gasteiger partial charge in [0.25, 0.3) is 0 Å². The van der Waals surface area contributed by atoms with Crippen molar-refractivity contribution in [1.82, 2.24) is 19.7 Å². The minimum atomic E-state index is -3.62. The molecular weight excluding hydrogens is 398 g/mol. The molecule has 0 bridgehead atoms. The molecule has 0 spiro atoms. The van der Waals surface area contributed by atoms with Crippen LogP contribution in [0.5, 0.6) is 0 Å². The highest BCUT2D eigenvalue weighted by Gasteiger charge is 2.22. The van der Waals surface area contributed by atoms with E-state index in [1.165, 1.54) is 5.56 Å². The van der Waals surface area contributed by atoms with Crippen molar-refractivity contribution in [3.63, 3.8) is 0 Å². The Morgan fingerprint density at radius 3 is 2.27 bits per heavy atom. The van der Waals surface area contributed by atoms with Gasteiger partial charge in [-0.25, -0.2) is 18.1 Å². The molecule has 4 rings (SSSR count). The van der Waals surface area contributed by atoms with Crippen molar-refractivity contribution < 1.29 is 8.42 Å². The van der Waals surface area contributed by atoms with Crippen LogP contribution in [0.3, 0.4) is 0 Å². The Bertz CT molecular complexity index is 1310. The molecule has 0 saturated heterocycles. The molecule has 0 saturated carbocycles. The maximum absolute atomic E-state index is 12.2. The number of rotatable bonds is 5. The van der Waals surface area contributed by atoms with Crippen LogP contribution in [0.25, 0.3) is 22.3 Å². The van der Waals surface area contributed by atoms with Gasteiger partial charge >= 0.3 is 0 Å². The molecule has 2 heterocycles. The monoisotopic (exact) mass is 421 g/mol. The van der Waals surface area contributed by atoms with Gasteiger partial charge < -0.3 is 5.73 Å². The summed E-state index contributed by atoms with van der Waals surface area (Å²) in [5.41, 5.74) is 10.1. The fourth-order valence-electron chi connectivity index (χ4n) is 3.31. The van der Waals surface area contributed by atoms with E-state index < -0.39 is 9.84 Å². The van der Waals surface area contributed by atoms with Gasteiger partial charge in [0.05, 0.1) is 17.6 Å². The molecule has 2 aromatic carbocycles. The summed E-state index contributed by atoms with van der Waals surface area (Å²) < 4.78 is 26.0. The summed E-state index contributed by atoms with van der Waals surface area (Å²) >= 11 is 0. The molecule has 0 aliphatic carbocycles. The largest absolute Gasteiger partial charge is 0.383 e. The van der Waals surface area contributed by atoms with Crippen LogP contribution in [0.4, 0.5) is 5.82 Å². The second-order valence-corrected chi connectivity index (χ2v) is 9.54. The third-order valence-corrected chi connectivity index (χ3v) is 5.82. The molecule has 2 aromatic heterocycles. The molecule has 4 aromatic rings. The highest BCUT2D eigenvalue weighted by atomic mass is 32.2. The van der Waals surface area contributed by atoms with E-state index in [4.69, 9.17) is 5.73 Å². The van der Waals surface area contributed by atoms with Crippen molar-refractivity contribution >= 4 is 26.7 Å². The van der Waals surface area contributed by atoms with Gasteiger partial charge in [-0.15, -0.1) is 5.10 Å². The van der Waals surface area contributed by atoms with Gasteiger partial charge in [0.2, 0.25) is 15.0 Å². The van der Waals surface area contributed by atoms with E-state index in [1.807, 2.05) is 54.6 Å². The lowest BCUT2D eigenvalue weighted by Crippen LogP contribution is -2.06. The number of sulfone groups is 1. The fourth-order valence-corrected chi connectivity index (χ4v) is 3.82. The van der Waals surface area contributed by atoms with Gasteiger partial charge in [-0.05, 0) is 17.0 Å². The number of anilines is 1. The molecular formula is C22H23N5O2S. The summed E-state index contributed by atoms with van der Waals surface area (Å²) in [6.07, 6.45) is 1.09. The number of nitrogens with zero attached hydrogens (tertiary/aromatic N) is 4. The van der Waals surface area contributed by atoms with E-state index in [-0.39, 0.29) is 10.8 Å². The number of hydrogen-bond donors (Lipinski definition) is 1. The number of nitrogen functional groups attached to an aromatic ring is 1. The Morgan fingerprint density at radius 2 is 1.67 bits per heavy atom. The van der Waals surface area contributed by atoms with Crippen LogP contribution in [0, 0.1) is 0 Å². The first kappa shape index (κ1) is 20.0. The van der Waals surface area contributed by atoms with Crippen LogP contribution in [0.2, 0.25) is 0 Å². The van der Waals surface area contributed by atoms with Crippen molar-refractivity contribution in [3.05, 3.63) is 65.7 Å². The number of nitrogens with two attached hydrogens (primary N) is 1. The summed E-state index contributed by atoms with van der Waals surface area (Å²) in [6.45, 7) is 4.68. The summed E-state index contributed by atoms with van der Waals surface area (Å²) in [6, 6.07) is 17.7. The van der Waals surface area contributed by atoms with Gasteiger partial charge in [-0.2, -0.15) is 4.98 Å². The first-order valence-corrected chi connectivity index (χ1v) is 11.5. The fraction of sp³-hybridized carbons (Fsp3) is 0.227. The van der Waals surface area contributed by atoms with Gasteiger partial charge in [0, 0.05) is 11.8 Å². The predicted octanol–water partition coefficient (Wildman–Crippen LogP) is 3.65. The topological polar surface area (TPSA) is 104 Å². The molecule has 154 valence electrons. The maximum Gasteiger partial charge on any atom is 0.249 e. The summed E-state index contributed by atoms with van der Waals surface area (Å²) in [7, 11) is -3.62. The van der Waals surface area contributed by atoms with E-state index in [9.17, 15) is 8.42 Å². The van der Waals surface area contributed by atoms with Crippen molar-refractivity contribution in [2.24, 2.45) is 0 Å². The highest BCUT2D eigenvalue weighted by molar-refractivity contribution is 7.90. The van der Waals surface area contributed by atoms with E-state index in [2.05, 4.69) is 28.9 Å². The first-order valence-electron chi connectivity index (χ1n) is 9.62. The lowest BCUT2D eigenvalue weighted by Gasteiger charge is -2.09. The average molecular weight is 422 g/mol. The van der Waals surface area contributed by atoms with Gasteiger partial charge in [-0.1, -0.05) is 68.4 Å². The summed E-state index contributed by atoms with van der Waals surface area (Å²) in [5.74, 6) is 0.784. The Balaban J connectivity index is 1.92.